The smallest absolute Gasteiger partial charge is 0.309 e. The van der Waals surface area contributed by atoms with Crippen LogP contribution in [0, 0.1) is 10.8 Å². The fourth-order valence-corrected chi connectivity index (χ4v) is 5.69. The van der Waals surface area contributed by atoms with E-state index >= 15 is 0 Å². The van der Waals surface area contributed by atoms with Crippen molar-refractivity contribution in [1.82, 2.24) is 0 Å². The first-order valence-corrected chi connectivity index (χ1v) is 13.8. The molecule has 196 valence electrons. The van der Waals surface area contributed by atoms with Gasteiger partial charge in [0, 0.05) is 31.6 Å². The molecule has 0 spiro atoms. The number of carbonyl (C=O) groups is 2. The molecule has 0 aliphatic rings. The van der Waals surface area contributed by atoms with Gasteiger partial charge in [-0.1, -0.05) is 12.8 Å². The lowest BCUT2D eigenvalue weighted by Crippen LogP contribution is -2.23. The summed E-state index contributed by atoms with van der Waals surface area (Å²) in [5.74, 6) is -1.60. The third kappa shape index (κ3) is 9.82. The van der Waals surface area contributed by atoms with Crippen LogP contribution in [0.4, 0.5) is 0 Å². The quantitative estimate of drug-likeness (QED) is 0.275. The van der Waals surface area contributed by atoms with E-state index in [-0.39, 0.29) is 10.9 Å². The van der Waals surface area contributed by atoms with Crippen LogP contribution in [0.3, 0.4) is 0 Å². The highest BCUT2D eigenvalue weighted by molar-refractivity contribution is 7.13. The summed E-state index contributed by atoms with van der Waals surface area (Å²) in [6, 6.07) is 6.42. The summed E-state index contributed by atoms with van der Waals surface area (Å²) in [6.45, 7) is 6.90. The van der Waals surface area contributed by atoms with Gasteiger partial charge in [0.15, 0.2) is 10.9 Å². The molecule has 6 nitrogen and oxygen atoms in total. The van der Waals surface area contributed by atoms with Gasteiger partial charge in [0.05, 0.1) is 10.8 Å². The van der Waals surface area contributed by atoms with Crippen molar-refractivity contribution in [3.63, 3.8) is 0 Å². The topological polar surface area (TPSA) is 109 Å². The number of hydrogen-bond donors (Lipinski definition) is 2. The van der Waals surface area contributed by atoms with Crippen LogP contribution in [0.25, 0.3) is 12.2 Å². The van der Waals surface area contributed by atoms with Crippen LogP contribution in [-0.4, -0.2) is 22.2 Å². The van der Waals surface area contributed by atoms with E-state index in [2.05, 4.69) is 0 Å². The molecular formula is C28H36O6S2. The Hall–Kier alpha value is -2.58. The first-order chi connectivity index (χ1) is 16.8. The molecule has 2 rings (SSSR count). The SMILES string of the molecule is CC(C)(CCCCc1cc(=O)cc(/C=C/c2cc(=O)cc(CCCCC(C)(C)C(=O)O)s2)s1)C(=O)O. The Bertz CT molecular complexity index is 1110. The third-order valence-electron chi connectivity index (χ3n) is 6.19. The first kappa shape index (κ1) is 29.6. The van der Waals surface area contributed by atoms with E-state index in [0.717, 1.165) is 58.0 Å². The average Bonchev–Trinajstić information content (AvgIpc) is 2.77. The summed E-state index contributed by atoms with van der Waals surface area (Å²) in [5, 5.41) is 18.5. The Kier molecular flexibility index (Phi) is 10.8. The predicted molar refractivity (Wildman–Crippen MR) is 148 cm³/mol. The molecule has 0 bridgehead atoms. The van der Waals surface area contributed by atoms with Gasteiger partial charge in [-0.3, -0.25) is 19.2 Å². The highest BCUT2D eigenvalue weighted by Gasteiger charge is 2.26. The Morgan fingerprint density at radius 3 is 1.39 bits per heavy atom. The summed E-state index contributed by atoms with van der Waals surface area (Å²) >= 11 is 3.05. The molecule has 0 aliphatic heterocycles. The molecule has 0 aliphatic carbocycles. The second-order valence-electron chi connectivity index (χ2n) is 10.4. The summed E-state index contributed by atoms with van der Waals surface area (Å²) in [4.78, 5) is 50.4. The maximum absolute atomic E-state index is 12.2. The summed E-state index contributed by atoms with van der Waals surface area (Å²) in [7, 11) is 0. The lowest BCUT2D eigenvalue weighted by atomic mass is 9.87. The zero-order chi connectivity index (χ0) is 26.9. The number of rotatable bonds is 14. The molecular weight excluding hydrogens is 496 g/mol. The van der Waals surface area contributed by atoms with Crippen LogP contribution < -0.4 is 10.9 Å². The van der Waals surface area contributed by atoms with Crippen LogP contribution >= 0.6 is 22.7 Å². The van der Waals surface area contributed by atoms with Gasteiger partial charge >= 0.3 is 11.9 Å². The monoisotopic (exact) mass is 532 g/mol. The van der Waals surface area contributed by atoms with E-state index in [9.17, 15) is 29.4 Å². The van der Waals surface area contributed by atoms with Gasteiger partial charge in [0.2, 0.25) is 0 Å². The van der Waals surface area contributed by atoms with Crippen LogP contribution in [0.2, 0.25) is 0 Å². The highest BCUT2D eigenvalue weighted by atomic mass is 32.1. The van der Waals surface area contributed by atoms with E-state index in [1.807, 2.05) is 12.2 Å². The average molecular weight is 533 g/mol. The minimum Gasteiger partial charge on any atom is -0.481 e. The van der Waals surface area contributed by atoms with E-state index in [0.29, 0.717) is 12.8 Å². The molecule has 2 N–H and O–H groups in total. The zero-order valence-corrected chi connectivity index (χ0v) is 23.1. The van der Waals surface area contributed by atoms with Crippen molar-refractivity contribution in [2.45, 2.75) is 79.1 Å². The molecule has 0 aromatic carbocycles. The van der Waals surface area contributed by atoms with Gasteiger partial charge < -0.3 is 10.2 Å². The van der Waals surface area contributed by atoms with Crippen LogP contribution in [0.5, 0.6) is 0 Å². The van der Waals surface area contributed by atoms with Crippen molar-refractivity contribution in [2.75, 3.05) is 0 Å². The van der Waals surface area contributed by atoms with Crippen molar-refractivity contribution in [2.24, 2.45) is 10.8 Å². The maximum Gasteiger partial charge on any atom is 0.309 e. The zero-order valence-electron chi connectivity index (χ0n) is 21.5. The molecule has 36 heavy (non-hydrogen) atoms. The fraction of sp³-hybridized carbons (Fsp3) is 0.500. The second-order valence-corrected chi connectivity index (χ2v) is 12.8. The molecule has 0 fully saturated rings. The normalized spacial score (nSPS) is 12.2. The summed E-state index contributed by atoms with van der Waals surface area (Å²) in [5.41, 5.74) is -1.63. The van der Waals surface area contributed by atoms with Gasteiger partial charge in [-0.15, -0.1) is 22.7 Å². The summed E-state index contributed by atoms with van der Waals surface area (Å²) in [6.07, 6.45) is 9.50. The summed E-state index contributed by atoms with van der Waals surface area (Å²) < 4.78 is 0. The van der Waals surface area contributed by atoms with Gasteiger partial charge in [0.25, 0.3) is 0 Å². The molecule has 0 saturated heterocycles. The predicted octanol–water partition coefficient (Wildman–Crippen LogP) is 6.35. The molecule has 0 unspecified atom stereocenters. The van der Waals surface area contributed by atoms with Crippen molar-refractivity contribution < 1.29 is 19.8 Å². The molecule has 0 saturated carbocycles. The number of carboxylic acids is 2. The Morgan fingerprint density at radius 2 is 1.06 bits per heavy atom. The lowest BCUT2D eigenvalue weighted by molar-refractivity contribution is -0.148. The van der Waals surface area contributed by atoms with E-state index in [1.54, 1.807) is 52.0 Å². The molecule has 2 heterocycles. The molecule has 0 atom stereocenters. The number of carboxylic acid groups (broad SMARTS) is 2. The van der Waals surface area contributed by atoms with Crippen LogP contribution in [0.15, 0.2) is 33.9 Å². The fourth-order valence-electron chi connectivity index (χ4n) is 3.62. The van der Waals surface area contributed by atoms with Crippen LogP contribution in [0.1, 0.15) is 85.7 Å². The Morgan fingerprint density at radius 1 is 0.694 bits per heavy atom. The van der Waals surface area contributed by atoms with Gasteiger partial charge in [-0.05, 0) is 90.5 Å². The molecule has 8 heteroatoms. The first-order valence-electron chi connectivity index (χ1n) is 12.2. The van der Waals surface area contributed by atoms with Crippen LogP contribution in [-0.2, 0) is 22.4 Å². The van der Waals surface area contributed by atoms with E-state index < -0.39 is 22.8 Å². The molecule has 0 amide bonds. The minimum absolute atomic E-state index is 0.0690. The van der Waals surface area contributed by atoms with Gasteiger partial charge in [-0.2, -0.15) is 0 Å². The largest absolute Gasteiger partial charge is 0.481 e. The number of aliphatic carboxylic acids is 2. The third-order valence-corrected chi connectivity index (χ3v) is 8.34. The Labute approximate surface area is 220 Å². The standard InChI is InChI=1S/C28H36O6S2/c1-27(2,25(31)32)13-7-5-9-21-15-19(29)17-23(35-21)11-12-24-18-20(30)16-22(36-24)10-6-8-14-28(3,4)26(33)34/h11-12,15-18H,5-10,13-14H2,1-4H3,(H,31,32)(H,33,34)/b12-11+. The van der Waals surface area contributed by atoms with E-state index in [1.165, 1.54) is 22.7 Å². The number of aryl methyl sites for hydroxylation is 2. The highest BCUT2D eigenvalue weighted by Crippen LogP contribution is 2.26. The Balaban J connectivity index is 1.99. The number of hydrogen-bond acceptors (Lipinski definition) is 6. The minimum atomic E-state index is -0.798. The number of unbranched alkanes of at least 4 members (excludes halogenated alkanes) is 2. The van der Waals surface area contributed by atoms with Crippen molar-refractivity contribution in [3.05, 3.63) is 64.2 Å². The van der Waals surface area contributed by atoms with Crippen molar-refractivity contribution in [1.29, 1.82) is 0 Å². The molecule has 0 radical (unpaired) electrons. The van der Waals surface area contributed by atoms with Crippen molar-refractivity contribution in [3.8, 4) is 0 Å². The lowest BCUT2D eigenvalue weighted by Gasteiger charge is -2.18. The van der Waals surface area contributed by atoms with Crippen molar-refractivity contribution >= 4 is 46.8 Å². The second kappa shape index (κ2) is 13.1. The van der Waals surface area contributed by atoms with Gasteiger partial charge in [-0.25, -0.2) is 0 Å². The molecule has 2 aromatic heterocycles. The van der Waals surface area contributed by atoms with E-state index in [4.69, 9.17) is 0 Å². The molecule has 2 aromatic rings. The maximum atomic E-state index is 12.2. The van der Waals surface area contributed by atoms with Gasteiger partial charge in [0.1, 0.15) is 0 Å².